The molecule has 1 atom stereocenters. The second kappa shape index (κ2) is 5.92. The average Bonchev–Trinajstić information content (AvgIpc) is 2.33. The standard InChI is InChI=1S/C14H24N2O2S/c1-6-7-11(3)16(5)19(17,18)14-12(4)10(2)8-9-13(14)15/h8-9,11H,6-7,15H2,1-5H3. The summed E-state index contributed by atoms with van der Waals surface area (Å²) in [7, 11) is -1.91. The molecule has 1 aromatic rings. The maximum atomic E-state index is 12.7. The first-order valence-electron chi connectivity index (χ1n) is 6.57. The highest BCUT2D eigenvalue weighted by Crippen LogP contribution is 2.29. The summed E-state index contributed by atoms with van der Waals surface area (Å²) in [6, 6.07) is 3.47. The van der Waals surface area contributed by atoms with Gasteiger partial charge in [-0.3, -0.25) is 0 Å². The number of anilines is 1. The van der Waals surface area contributed by atoms with Gasteiger partial charge in [-0.1, -0.05) is 19.4 Å². The van der Waals surface area contributed by atoms with E-state index in [2.05, 4.69) is 0 Å². The zero-order valence-corrected chi connectivity index (χ0v) is 13.2. The molecule has 5 heteroatoms. The van der Waals surface area contributed by atoms with Gasteiger partial charge in [0.2, 0.25) is 10.0 Å². The second-order valence-corrected chi connectivity index (χ2v) is 7.02. The summed E-state index contributed by atoms with van der Waals surface area (Å²) >= 11 is 0. The molecule has 0 bridgehead atoms. The molecule has 0 aliphatic carbocycles. The molecular weight excluding hydrogens is 260 g/mol. The molecule has 0 amide bonds. The molecule has 1 rings (SSSR count). The maximum absolute atomic E-state index is 12.7. The summed E-state index contributed by atoms with van der Waals surface area (Å²) in [5.41, 5.74) is 7.87. The van der Waals surface area contributed by atoms with E-state index in [4.69, 9.17) is 5.73 Å². The number of hydrogen-bond donors (Lipinski definition) is 1. The van der Waals surface area contributed by atoms with Crippen molar-refractivity contribution in [1.82, 2.24) is 4.31 Å². The summed E-state index contributed by atoms with van der Waals surface area (Å²) in [5, 5.41) is 0. The van der Waals surface area contributed by atoms with E-state index in [1.807, 2.05) is 26.8 Å². The third-order valence-electron chi connectivity index (χ3n) is 3.67. The Morgan fingerprint density at radius 2 is 1.89 bits per heavy atom. The molecule has 108 valence electrons. The Bertz CT molecular complexity index is 553. The number of benzene rings is 1. The molecule has 1 unspecified atom stereocenters. The van der Waals surface area contributed by atoms with E-state index in [0.717, 1.165) is 24.0 Å². The van der Waals surface area contributed by atoms with Crippen LogP contribution < -0.4 is 5.73 Å². The first-order valence-corrected chi connectivity index (χ1v) is 8.01. The molecule has 0 aromatic heterocycles. The van der Waals surface area contributed by atoms with Gasteiger partial charge in [-0.15, -0.1) is 0 Å². The predicted octanol–water partition coefficient (Wildman–Crippen LogP) is 2.69. The number of hydrogen-bond acceptors (Lipinski definition) is 3. The van der Waals surface area contributed by atoms with Crippen LogP contribution in [0, 0.1) is 13.8 Å². The van der Waals surface area contributed by atoms with Crippen LogP contribution in [-0.2, 0) is 10.0 Å². The third-order valence-corrected chi connectivity index (χ3v) is 5.85. The average molecular weight is 284 g/mol. The van der Waals surface area contributed by atoms with Gasteiger partial charge in [-0.25, -0.2) is 8.42 Å². The number of sulfonamides is 1. The van der Waals surface area contributed by atoms with Crippen molar-refractivity contribution in [2.24, 2.45) is 0 Å². The predicted molar refractivity (Wildman–Crippen MR) is 79.6 cm³/mol. The molecule has 2 N–H and O–H groups in total. The number of nitrogens with zero attached hydrogens (tertiary/aromatic N) is 1. The fraction of sp³-hybridized carbons (Fsp3) is 0.571. The van der Waals surface area contributed by atoms with Crippen LogP contribution in [0.25, 0.3) is 0 Å². The molecule has 1 aromatic carbocycles. The Labute approximate surface area is 116 Å². The highest BCUT2D eigenvalue weighted by molar-refractivity contribution is 7.89. The quantitative estimate of drug-likeness (QED) is 0.846. The summed E-state index contributed by atoms with van der Waals surface area (Å²) in [4.78, 5) is 0.248. The lowest BCUT2D eigenvalue weighted by molar-refractivity contribution is 0.368. The van der Waals surface area contributed by atoms with Crippen molar-refractivity contribution in [2.75, 3.05) is 12.8 Å². The van der Waals surface area contributed by atoms with Gasteiger partial charge in [0.25, 0.3) is 0 Å². The van der Waals surface area contributed by atoms with Crippen LogP contribution >= 0.6 is 0 Å². The van der Waals surface area contributed by atoms with Crippen molar-refractivity contribution >= 4 is 15.7 Å². The van der Waals surface area contributed by atoms with Crippen molar-refractivity contribution in [2.45, 2.75) is 51.5 Å². The Balaban J connectivity index is 3.32. The lowest BCUT2D eigenvalue weighted by Gasteiger charge is -2.25. The zero-order chi connectivity index (χ0) is 14.8. The van der Waals surface area contributed by atoms with Gasteiger partial charge in [0.1, 0.15) is 4.90 Å². The molecular formula is C14H24N2O2S. The number of nitrogen functional groups attached to an aromatic ring is 1. The molecule has 0 aliphatic heterocycles. The Morgan fingerprint density at radius 1 is 1.32 bits per heavy atom. The highest BCUT2D eigenvalue weighted by Gasteiger charge is 2.28. The topological polar surface area (TPSA) is 63.4 Å². The molecule has 0 saturated carbocycles. The van der Waals surface area contributed by atoms with Crippen molar-refractivity contribution in [3.63, 3.8) is 0 Å². The van der Waals surface area contributed by atoms with Gasteiger partial charge >= 0.3 is 0 Å². The summed E-state index contributed by atoms with van der Waals surface area (Å²) in [6.07, 6.45) is 1.78. The number of rotatable bonds is 5. The Kier molecular flexibility index (Phi) is 4.98. The molecule has 0 heterocycles. The van der Waals surface area contributed by atoms with E-state index in [-0.39, 0.29) is 10.9 Å². The van der Waals surface area contributed by atoms with Crippen LogP contribution in [0.5, 0.6) is 0 Å². The smallest absolute Gasteiger partial charge is 0.245 e. The first kappa shape index (κ1) is 16.0. The van der Waals surface area contributed by atoms with E-state index in [9.17, 15) is 8.42 Å². The molecule has 4 nitrogen and oxygen atoms in total. The maximum Gasteiger partial charge on any atom is 0.245 e. The highest BCUT2D eigenvalue weighted by atomic mass is 32.2. The lowest BCUT2D eigenvalue weighted by Crippen LogP contribution is -2.35. The molecule has 19 heavy (non-hydrogen) atoms. The van der Waals surface area contributed by atoms with E-state index in [0.29, 0.717) is 5.69 Å². The minimum atomic E-state index is -3.54. The Morgan fingerprint density at radius 3 is 2.42 bits per heavy atom. The number of nitrogens with two attached hydrogens (primary N) is 1. The summed E-state index contributed by atoms with van der Waals surface area (Å²) in [6.45, 7) is 7.66. The molecule has 0 aliphatic rings. The van der Waals surface area contributed by atoms with Crippen LogP contribution in [-0.4, -0.2) is 25.8 Å². The van der Waals surface area contributed by atoms with Crippen molar-refractivity contribution < 1.29 is 8.42 Å². The van der Waals surface area contributed by atoms with E-state index in [1.54, 1.807) is 20.0 Å². The van der Waals surface area contributed by atoms with Crippen LogP contribution in [0.15, 0.2) is 17.0 Å². The summed E-state index contributed by atoms with van der Waals surface area (Å²) in [5.74, 6) is 0. The first-order chi connectivity index (χ1) is 8.73. The normalized spacial score (nSPS) is 13.8. The molecule has 0 radical (unpaired) electrons. The molecule has 0 fully saturated rings. The van der Waals surface area contributed by atoms with Gasteiger partial charge in [0.05, 0.1) is 5.69 Å². The zero-order valence-electron chi connectivity index (χ0n) is 12.4. The fourth-order valence-electron chi connectivity index (χ4n) is 2.13. The van der Waals surface area contributed by atoms with Crippen LogP contribution in [0.4, 0.5) is 5.69 Å². The molecule has 0 saturated heterocycles. The van der Waals surface area contributed by atoms with Gasteiger partial charge in [-0.2, -0.15) is 4.31 Å². The minimum absolute atomic E-state index is 0.0330. The number of aryl methyl sites for hydroxylation is 1. The van der Waals surface area contributed by atoms with Crippen molar-refractivity contribution in [3.05, 3.63) is 23.3 Å². The van der Waals surface area contributed by atoms with Gasteiger partial charge in [0.15, 0.2) is 0 Å². The minimum Gasteiger partial charge on any atom is -0.398 e. The Hall–Kier alpha value is -1.07. The third kappa shape index (κ3) is 3.09. The van der Waals surface area contributed by atoms with E-state index in [1.165, 1.54) is 4.31 Å². The fourth-order valence-corrected chi connectivity index (χ4v) is 3.91. The monoisotopic (exact) mass is 284 g/mol. The van der Waals surface area contributed by atoms with Gasteiger partial charge < -0.3 is 5.73 Å². The SMILES string of the molecule is CCCC(C)N(C)S(=O)(=O)c1c(N)ccc(C)c1C. The van der Waals surface area contributed by atoms with Crippen LogP contribution in [0.3, 0.4) is 0 Å². The van der Waals surface area contributed by atoms with E-state index < -0.39 is 10.0 Å². The van der Waals surface area contributed by atoms with Crippen molar-refractivity contribution in [1.29, 1.82) is 0 Å². The molecule has 0 spiro atoms. The lowest BCUT2D eigenvalue weighted by atomic mass is 10.1. The van der Waals surface area contributed by atoms with Crippen LogP contribution in [0.2, 0.25) is 0 Å². The largest absolute Gasteiger partial charge is 0.398 e. The van der Waals surface area contributed by atoms with E-state index >= 15 is 0 Å². The van der Waals surface area contributed by atoms with Gasteiger partial charge in [0, 0.05) is 13.1 Å². The van der Waals surface area contributed by atoms with Crippen molar-refractivity contribution in [3.8, 4) is 0 Å². The van der Waals surface area contributed by atoms with Crippen LogP contribution in [0.1, 0.15) is 37.8 Å². The van der Waals surface area contributed by atoms with Gasteiger partial charge in [-0.05, 0) is 44.4 Å². The summed E-state index contributed by atoms with van der Waals surface area (Å²) < 4.78 is 26.8. The second-order valence-electron chi connectivity index (χ2n) is 5.08.